The van der Waals surface area contributed by atoms with Gasteiger partial charge in [0.2, 0.25) is 11.8 Å². The molecule has 3 nitrogen and oxygen atoms in total. The summed E-state index contributed by atoms with van der Waals surface area (Å²) in [4.78, 5) is 0. The van der Waals surface area contributed by atoms with Crippen LogP contribution in [0.5, 0.6) is 0 Å². The highest BCUT2D eigenvalue weighted by Gasteiger charge is 2.30. The van der Waals surface area contributed by atoms with Crippen LogP contribution in [0, 0.1) is 0 Å². The molecule has 0 bridgehead atoms. The third-order valence-corrected chi connectivity index (χ3v) is 1.16. The number of rotatable bonds is 2. The van der Waals surface area contributed by atoms with Gasteiger partial charge in [-0.2, -0.15) is 13.2 Å². The Hall–Kier alpha value is -1.07. The molecule has 0 saturated heterocycles. The smallest absolute Gasteiger partial charge is 0.397 e. The van der Waals surface area contributed by atoms with E-state index in [9.17, 15) is 13.2 Å². The van der Waals surface area contributed by atoms with Crippen LogP contribution >= 0.6 is 0 Å². The molecule has 12 heavy (non-hydrogen) atoms. The molecule has 0 fully saturated rings. The average molecular weight is 180 g/mol. The van der Waals surface area contributed by atoms with Crippen molar-refractivity contribution in [2.45, 2.75) is 25.9 Å². The Kier molecular flexibility index (Phi) is 2.35. The summed E-state index contributed by atoms with van der Waals surface area (Å²) in [5.74, 6) is -0.145. The molecule has 68 valence electrons. The van der Waals surface area contributed by atoms with Gasteiger partial charge in [-0.3, -0.25) is 0 Å². The second-order valence-corrected chi connectivity index (χ2v) is 2.24. The number of aryl methyl sites for hydroxylation is 1. The summed E-state index contributed by atoms with van der Waals surface area (Å²) in [6, 6.07) is 0. The van der Waals surface area contributed by atoms with E-state index in [-0.39, 0.29) is 11.8 Å². The number of hydrogen-bond donors (Lipinski definition) is 0. The first kappa shape index (κ1) is 9.02. The van der Waals surface area contributed by atoms with Crippen molar-refractivity contribution in [1.82, 2.24) is 10.2 Å². The third kappa shape index (κ3) is 2.52. The van der Waals surface area contributed by atoms with Crippen LogP contribution < -0.4 is 0 Å². The highest BCUT2D eigenvalue weighted by atomic mass is 19.4. The van der Waals surface area contributed by atoms with Gasteiger partial charge in [0.25, 0.3) is 0 Å². The van der Waals surface area contributed by atoms with Crippen molar-refractivity contribution < 1.29 is 17.6 Å². The number of halogens is 3. The molecule has 0 saturated carbocycles. The van der Waals surface area contributed by atoms with Crippen LogP contribution in [0.2, 0.25) is 0 Å². The van der Waals surface area contributed by atoms with Crippen molar-refractivity contribution in [3.8, 4) is 0 Å². The average Bonchev–Trinajstić information content (AvgIpc) is 2.32. The summed E-state index contributed by atoms with van der Waals surface area (Å²) in [6.07, 6.45) is -4.98. The molecule has 1 aromatic heterocycles. The lowest BCUT2D eigenvalue weighted by Gasteiger charge is -1.99. The number of hydrogen-bond acceptors (Lipinski definition) is 3. The second kappa shape index (κ2) is 3.12. The van der Waals surface area contributed by atoms with Gasteiger partial charge < -0.3 is 4.42 Å². The summed E-state index contributed by atoms with van der Waals surface area (Å²) in [5.41, 5.74) is 0. The highest BCUT2D eigenvalue weighted by molar-refractivity contribution is 4.83. The molecule has 0 spiro atoms. The van der Waals surface area contributed by atoms with Crippen molar-refractivity contribution in [1.29, 1.82) is 0 Å². The fraction of sp³-hybridized carbons (Fsp3) is 0.667. The van der Waals surface area contributed by atoms with Crippen molar-refractivity contribution in [3.63, 3.8) is 0 Å². The lowest BCUT2D eigenvalue weighted by molar-refractivity contribution is -0.130. The van der Waals surface area contributed by atoms with Gasteiger partial charge in [-0.1, -0.05) is 6.92 Å². The van der Waals surface area contributed by atoms with E-state index >= 15 is 0 Å². The predicted molar refractivity (Wildman–Crippen MR) is 33.4 cm³/mol. The molecule has 0 radical (unpaired) electrons. The Bertz CT molecular complexity index is 256. The van der Waals surface area contributed by atoms with Crippen molar-refractivity contribution in [3.05, 3.63) is 11.8 Å². The summed E-state index contributed by atoms with van der Waals surface area (Å²) in [6.45, 7) is 1.73. The van der Waals surface area contributed by atoms with Gasteiger partial charge in [-0.15, -0.1) is 10.2 Å². The van der Waals surface area contributed by atoms with Gasteiger partial charge in [-0.25, -0.2) is 0 Å². The van der Waals surface area contributed by atoms with Gasteiger partial charge in [0.05, 0.1) is 0 Å². The maximum atomic E-state index is 11.7. The largest absolute Gasteiger partial charge is 0.425 e. The summed E-state index contributed by atoms with van der Waals surface area (Å²) in [5, 5.41) is 6.64. The molecule has 0 aliphatic carbocycles. The maximum absolute atomic E-state index is 11.7. The lowest BCUT2D eigenvalue weighted by atomic mass is 10.4. The minimum atomic E-state index is -4.28. The van der Waals surface area contributed by atoms with E-state index in [4.69, 9.17) is 0 Å². The first-order chi connectivity index (χ1) is 5.51. The molecule has 0 aliphatic heterocycles. The van der Waals surface area contributed by atoms with E-state index in [0.29, 0.717) is 6.42 Å². The number of aromatic nitrogens is 2. The van der Waals surface area contributed by atoms with Crippen LogP contribution in [0.15, 0.2) is 4.42 Å². The summed E-state index contributed by atoms with van der Waals surface area (Å²) in [7, 11) is 0. The number of alkyl halides is 3. The van der Waals surface area contributed by atoms with Crippen LogP contribution in [-0.4, -0.2) is 16.4 Å². The molecule has 1 aromatic rings. The van der Waals surface area contributed by atoms with Crippen LogP contribution in [0.25, 0.3) is 0 Å². The summed E-state index contributed by atoms with van der Waals surface area (Å²) >= 11 is 0. The fourth-order valence-corrected chi connectivity index (χ4v) is 0.674. The Morgan fingerprint density at radius 1 is 1.25 bits per heavy atom. The van der Waals surface area contributed by atoms with E-state index in [1.807, 2.05) is 0 Å². The molecule has 0 amide bonds. The van der Waals surface area contributed by atoms with E-state index < -0.39 is 12.6 Å². The Labute approximate surface area is 66.6 Å². The topological polar surface area (TPSA) is 38.9 Å². The first-order valence-electron chi connectivity index (χ1n) is 3.39. The van der Waals surface area contributed by atoms with Crippen molar-refractivity contribution in [2.75, 3.05) is 0 Å². The van der Waals surface area contributed by atoms with Gasteiger partial charge in [-0.05, 0) is 0 Å². The fourth-order valence-electron chi connectivity index (χ4n) is 0.674. The summed E-state index contributed by atoms with van der Waals surface area (Å²) < 4.78 is 39.8. The number of nitrogens with zero attached hydrogens (tertiary/aromatic N) is 2. The molecule has 0 N–H and O–H groups in total. The maximum Gasteiger partial charge on any atom is 0.397 e. The predicted octanol–water partition coefficient (Wildman–Crippen LogP) is 1.74. The van der Waals surface area contributed by atoms with Gasteiger partial charge in [0, 0.05) is 6.42 Å². The molecule has 0 aromatic carbocycles. The Morgan fingerprint density at radius 2 is 1.83 bits per heavy atom. The lowest BCUT2D eigenvalue weighted by Crippen LogP contribution is -2.11. The van der Waals surface area contributed by atoms with E-state index in [2.05, 4.69) is 14.6 Å². The Morgan fingerprint density at radius 3 is 2.25 bits per heavy atom. The molecular weight excluding hydrogens is 173 g/mol. The highest BCUT2D eigenvalue weighted by Crippen LogP contribution is 2.20. The molecule has 1 heterocycles. The first-order valence-corrected chi connectivity index (χ1v) is 3.39. The molecule has 0 unspecified atom stereocenters. The normalized spacial score (nSPS) is 12.0. The van der Waals surface area contributed by atoms with E-state index in [1.165, 1.54) is 0 Å². The van der Waals surface area contributed by atoms with Crippen molar-refractivity contribution >= 4 is 0 Å². The molecule has 0 aliphatic rings. The van der Waals surface area contributed by atoms with Crippen LogP contribution in [0.1, 0.15) is 18.7 Å². The van der Waals surface area contributed by atoms with Gasteiger partial charge >= 0.3 is 6.18 Å². The quantitative estimate of drug-likeness (QED) is 0.695. The van der Waals surface area contributed by atoms with Gasteiger partial charge in [0.15, 0.2) is 0 Å². The zero-order chi connectivity index (χ0) is 9.19. The standard InChI is InChI=1S/C6H7F3N2O/c1-2-4-10-11-5(12-4)3-6(7,8)9/h2-3H2,1H3. The minimum absolute atomic E-state index is 0.231. The van der Waals surface area contributed by atoms with Gasteiger partial charge in [0.1, 0.15) is 6.42 Å². The molecule has 1 rings (SSSR count). The third-order valence-electron chi connectivity index (χ3n) is 1.16. The monoisotopic (exact) mass is 180 g/mol. The zero-order valence-corrected chi connectivity index (χ0v) is 6.35. The minimum Gasteiger partial charge on any atom is -0.425 e. The van der Waals surface area contributed by atoms with Crippen molar-refractivity contribution in [2.24, 2.45) is 0 Å². The molecular formula is C6H7F3N2O. The van der Waals surface area contributed by atoms with Crippen LogP contribution in [0.4, 0.5) is 13.2 Å². The van der Waals surface area contributed by atoms with E-state index in [1.54, 1.807) is 6.92 Å². The molecule has 6 heteroatoms. The van der Waals surface area contributed by atoms with E-state index in [0.717, 1.165) is 0 Å². The Balaban J connectivity index is 2.64. The van der Waals surface area contributed by atoms with Crippen LogP contribution in [-0.2, 0) is 12.8 Å². The molecule has 0 atom stereocenters. The van der Waals surface area contributed by atoms with Crippen LogP contribution in [0.3, 0.4) is 0 Å². The zero-order valence-electron chi connectivity index (χ0n) is 6.35. The second-order valence-electron chi connectivity index (χ2n) is 2.24. The SMILES string of the molecule is CCc1nnc(CC(F)(F)F)o1.